The van der Waals surface area contributed by atoms with Gasteiger partial charge in [-0.3, -0.25) is 4.79 Å². The minimum absolute atomic E-state index is 0.188. The van der Waals surface area contributed by atoms with E-state index in [1.165, 1.54) is 24.1 Å². The van der Waals surface area contributed by atoms with Crippen molar-refractivity contribution in [2.75, 3.05) is 11.9 Å². The fourth-order valence-electron chi connectivity index (χ4n) is 3.53. The van der Waals surface area contributed by atoms with Crippen molar-refractivity contribution in [3.05, 3.63) is 59.2 Å². The molecule has 6 heteroatoms. The molecule has 0 aliphatic heterocycles. The maximum Gasteiger partial charge on any atom is 0.240 e. The van der Waals surface area contributed by atoms with Gasteiger partial charge in [0.2, 0.25) is 15.9 Å². The van der Waals surface area contributed by atoms with Crippen molar-refractivity contribution in [2.24, 2.45) is 0 Å². The molecule has 0 bridgehead atoms. The van der Waals surface area contributed by atoms with E-state index in [4.69, 9.17) is 0 Å². The van der Waals surface area contributed by atoms with Gasteiger partial charge in [0.15, 0.2) is 0 Å². The molecule has 0 aromatic heterocycles. The molecule has 2 aromatic rings. The van der Waals surface area contributed by atoms with E-state index in [1.807, 2.05) is 12.1 Å². The van der Waals surface area contributed by atoms with Gasteiger partial charge in [0.05, 0.1) is 4.90 Å². The standard InChI is InChI=1S/C20H24N2O3S/c1-14-10-11-18(22-15(2)23)12-20(14)26(24,25)21-13-17-8-5-7-16-6-3-4-9-19(16)17/h3-4,6,9-12,17,21H,5,7-8,13H2,1-2H3,(H,22,23). The first-order chi connectivity index (χ1) is 12.4. The Hall–Kier alpha value is -2.18. The zero-order valence-corrected chi connectivity index (χ0v) is 15.9. The van der Waals surface area contributed by atoms with Crippen molar-refractivity contribution in [1.29, 1.82) is 0 Å². The summed E-state index contributed by atoms with van der Waals surface area (Å²) in [4.78, 5) is 11.4. The number of hydrogen-bond acceptors (Lipinski definition) is 3. The third-order valence-electron chi connectivity index (χ3n) is 4.81. The Morgan fingerprint density at radius 1 is 1.19 bits per heavy atom. The molecule has 0 fully saturated rings. The topological polar surface area (TPSA) is 75.3 Å². The molecule has 1 atom stereocenters. The highest BCUT2D eigenvalue weighted by Gasteiger charge is 2.23. The summed E-state index contributed by atoms with van der Waals surface area (Å²) in [5, 5.41) is 2.63. The number of aryl methyl sites for hydroxylation is 2. The molecule has 26 heavy (non-hydrogen) atoms. The molecule has 1 unspecified atom stereocenters. The van der Waals surface area contributed by atoms with Gasteiger partial charge in [0.1, 0.15) is 0 Å². The summed E-state index contributed by atoms with van der Waals surface area (Å²) < 4.78 is 28.4. The molecule has 3 rings (SSSR count). The molecule has 1 aliphatic rings. The Kier molecular flexibility index (Phi) is 5.44. The molecule has 2 aromatic carbocycles. The number of fused-ring (bicyclic) bond motifs is 1. The van der Waals surface area contributed by atoms with E-state index in [0.29, 0.717) is 17.8 Å². The highest BCUT2D eigenvalue weighted by atomic mass is 32.2. The average molecular weight is 372 g/mol. The lowest BCUT2D eigenvalue weighted by Gasteiger charge is -2.25. The van der Waals surface area contributed by atoms with E-state index in [2.05, 4.69) is 22.2 Å². The summed E-state index contributed by atoms with van der Waals surface area (Å²) in [6.45, 7) is 3.53. The predicted octanol–water partition coefficient (Wildman–Crippen LogP) is 3.35. The van der Waals surface area contributed by atoms with E-state index >= 15 is 0 Å². The van der Waals surface area contributed by atoms with Crippen LogP contribution in [0.15, 0.2) is 47.4 Å². The lowest BCUT2D eigenvalue weighted by Crippen LogP contribution is -2.30. The highest BCUT2D eigenvalue weighted by molar-refractivity contribution is 7.89. The highest BCUT2D eigenvalue weighted by Crippen LogP contribution is 2.31. The Bertz CT molecular complexity index is 922. The van der Waals surface area contributed by atoms with Gasteiger partial charge in [-0.15, -0.1) is 0 Å². The predicted molar refractivity (Wildman–Crippen MR) is 103 cm³/mol. The molecule has 1 aliphatic carbocycles. The molecule has 2 N–H and O–H groups in total. The smallest absolute Gasteiger partial charge is 0.240 e. The van der Waals surface area contributed by atoms with Crippen LogP contribution >= 0.6 is 0 Å². The first-order valence-electron chi connectivity index (χ1n) is 8.82. The number of nitrogens with one attached hydrogen (secondary N) is 2. The van der Waals surface area contributed by atoms with Crippen LogP contribution in [0.4, 0.5) is 5.69 Å². The summed E-state index contributed by atoms with van der Waals surface area (Å²) >= 11 is 0. The van der Waals surface area contributed by atoms with Gasteiger partial charge < -0.3 is 5.32 Å². The zero-order chi connectivity index (χ0) is 18.7. The third-order valence-corrected chi connectivity index (χ3v) is 6.38. The first-order valence-corrected chi connectivity index (χ1v) is 10.3. The number of amides is 1. The van der Waals surface area contributed by atoms with E-state index in [9.17, 15) is 13.2 Å². The lowest BCUT2D eigenvalue weighted by atomic mass is 9.83. The summed E-state index contributed by atoms with van der Waals surface area (Å²) in [5.41, 5.74) is 3.68. The largest absolute Gasteiger partial charge is 0.326 e. The summed E-state index contributed by atoms with van der Waals surface area (Å²) in [6.07, 6.45) is 3.10. The van der Waals surface area contributed by atoms with Gasteiger partial charge in [-0.1, -0.05) is 30.3 Å². The Morgan fingerprint density at radius 3 is 2.73 bits per heavy atom. The van der Waals surface area contributed by atoms with Crippen LogP contribution in [0.5, 0.6) is 0 Å². The Balaban J connectivity index is 1.79. The van der Waals surface area contributed by atoms with Gasteiger partial charge in [0.25, 0.3) is 0 Å². The van der Waals surface area contributed by atoms with Crippen molar-refractivity contribution < 1.29 is 13.2 Å². The summed E-state index contributed by atoms with van der Waals surface area (Å²) in [5.74, 6) is -0.0440. The molecule has 0 saturated carbocycles. The first kappa shape index (κ1) is 18.6. The second-order valence-electron chi connectivity index (χ2n) is 6.80. The van der Waals surface area contributed by atoms with Gasteiger partial charge in [-0.2, -0.15) is 0 Å². The van der Waals surface area contributed by atoms with Crippen LogP contribution in [0, 0.1) is 6.92 Å². The Morgan fingerprint density at radius 2 is 1.96 bits per heavy atom. The van der Waals surface area contributed by atoms with E-state index in [-0.39, 0.29) is 16.7 Å². The molecule has 0 radical (unpaired) electrons. The number of rotatable bonds is 5. The second kappa shape index (κ2) is 7.60. The van der Waals surface area contributed by atoms with Crippen LogP contribution < -0.4 is 10.0 Å². The molecule has 5 nitrogen and oxygen atoms in total. The van der Waals surface area contributed by atoms with E-state index in [0.717, 1.165) is 19.3 Å². The molecular formula is C20H24N2O3S. The fraction of sp³-hybridized carbons (Fsp3) is 0.350. The summed E-state index contributed by atoms with van der Waals surface area (Å²) in [7, 11) is -3.65. The van der Waals surface area contributed by atoms with Crippen LogP contribution in [0.3, 0.4) is 0 Å². The van der Waals surface area contributed by atoms with Crippen LogP contribution in [-0.4, -0.2) is 20.9 Å². The normalized spacial score (nSPS) is 16.8. The number of anilines is 1. The van der Waals surface area contributed by atoms with Crippen LogP contribution in [0.2, 0.25) is 0 Å². The molecule has 0 heterocycles. The van der Waals surface area contributed by atoms with Gasteiger partial charge in [-0.05, 0) is 60.9 Å². The maximum absolute atomic E-state index is 12.8. The summed E-state index contributed by atoms with van der Waals surface area (Å²) in [6, 6.07) is 13.2. The van der Waals surface area contributed by atoms with Crippen molar-refractivity contribution in [1.82, 2.24) is 4.72 Å². The Labute approximate surface area is 154 Å². The van der Waals surface area contributed by atoms with Crippen molar-refractivity contribution >= 4 is 21.6 Å². The van der Waals surface area contributed by atoms with Crippen molar-refractivity contribution in [2.45, 2.75) is 43.9 Å². The average Bonchev–Trinajstić information content (AvgIpc) is 2.61. The number of carbonyl (C=O) groups excluding carboxylic acids is 1. The lowest BCUT2D eigenvalue weighted by molar-refractivity contribution is -0.114. The van der Waals surface area contributed by atoms with Gasteiger partial charge >= 0.3 is 0 Å². The van der Waals surface area contributed by atoms with E-state index in [1.54, 1.807) is 19.1 Å². The zero-order valence-electron chi connectivity index (χ0n) is 15.1. The second-order valence-corrected chi connectivity index (χ2v) is 8.54. The molecule has 0 saturated heterocycles. The van der Waals surface area contributed by atoms with Gasteiger partial charge in [-0.25, -0.2) is 13.1 Å². The molecule has 138 valence electrons. The number of carbonyl (C=O) groups is 1. The molecule has 1 amide bonds. The van der Waals surface area contributed by atoms with E-state index < -0.39 is 10.0 Å². The molecular weight excluding hydrogens is 348 g/mol. The van der Waals surface area contributed by atoms with Crippen LogP contribution in [0.25, 0.3) is 0 Å². The number of sulfonamides is 1. The number of benzene rings is 2. The van der Waals surface area contributed by atoms with Crippen LogP contribution in [0.1, 0.15) is 42.4 Å². The van der Waals surface area contributed by atoms with Crippen molar-refractivity contribution in [3.63, 3.8) is 0 Å². The molecule has 0 spiro atoms. The monoisotopic (exact) mass is 372 g/mol. The maximum atomic E-state index is 12.8. The quantitative estimate of drug-likeness (QED) is 0.845. The minimum Gasteiger partial charge on any atom is -0.326 e. The van der Waals surface area contributed by atoms with Gasteiger partial charge in [0, 0.05) is 19.2 Å². The van der Waals surface area contributed by atoms with Crippen LogP contribution in [-0.2, 0) is 21.2 Å². The SMILES string of the molecule is CC(=O)Nc1ccc(C)c(S(=O)(=O)NCC2CCCc3ccccc32)c1. The number of hydrogen-bond donors (Lipinski definition) is 2. The third kappa shape index (κ3) is 4.14. The minimum atomic E-state index is -3.65. The fourth-order valence-corrected chi connectivity index (χ4v) is 4.88. The van der Waals surface area contributed by atoms with Crippen molar-refractivity contribution in [3.8, 4) is 0 Å².